The first-order chi connectivity index (χ1) is 10.5. The number of benzene rings is 1. The van der Waals surface area contributed by atoms with E-state index in [0.29, 0.717) is 18.5 Å². The number of nitrogens with one attached hydrogen (secondary N) is 1. The van der Waals surface area contributed by atoms with Crippen molar-refractivity contribution in [2.45, 2.75) is 46.7 Å². The molecule has 0 spiro atoms. The lowest BCUT2D eigenvalue weighted by Gasteiger charge is -2.13. The highest BCUT2D eigenvalue weighted by Crippen LogP contribution is 2.17. The maximum absolute atomic E-state index is 5.94. The fourth-order valence-electron chi connectivity index (χ4n) is 2.29. The summed E-state index contributed by atoms with van der Waals surface area (Å²) < 4.78 is 1.96. The standard InChI is InChI=1S/C17H25N5.HI/c1-5-12(2)20-17(18)19-11-15-8-6-7-9-16(15)22-14(4)10-13(3)21-22;/h6-10,12H,5,11H2,1-4H3,(H3,18,19,20);1H. The lowest BCUT2D eigenvalue weighted by Crippen LogP contribution is -2.38. The van der Waals surface area contributed by atoms with E-state index in [-0.39, 0.29) is 24.0 Å². The molecule has 1 aromatic carbocycles. The SMILES string of the molecule is CCC(C)NC(N)=NCc1ccccc1-n1nc(C)cc1C.I. The van der Waals surface area contributed by atoms with Gasteiger partial charge in [0.15, 0.2) is 5.96 Å². The van der Waals surface area contributed by atoms with Gasteiger partial charge in [0.1, 0.15) is 0 Å². The van der Waals surface area contributed by atoms with Crippen LogP contribution in [0.4, 0.5) is 0 Å². The fourth-order valence-corrected chi connectivity index (χ4v) is 2.29. The number of hydrogen-bond donors (Lipinski definition) is 2. The molecule has 2 aromatic rings. The Balaban J connectivity index is 0.00000264. The zero-order valence-corrected chi connectivity index (χ0v) is 16.5. The van der Waals surface area contributed by atoms with Crippen LogP contribution in [0.2, 0.25) is 0 Å². The Hall–Kier alpha value is -1.57. The Morgan fingerprint density at radius 2 is 2.04 bits per heavy atom. The molecule has 23 heavy (non-hydrogen) atoms. The Kier molecular flexibility index (Phi) is 7.54. The van der Waals surface area contributed by atoms with E-state index in [0.717, 1.165) is 29.1 Å². The first kappa shape index (κ1) is 19.5. The van der Waals surface area contributed by atoms with Crippen molar-refractivity contribution < 1.29 is 0 Å². The molecule has 0 saturated carbocycles. The van der Waals surface area contributed by atoms with E-state index in [1.165, 1.54) is 0 Å². The van der Waals surface area contributed by atoms with Crippen LogP contribution in [0.15, 0.2) is 35.3 Å². The van der Waals surface area contributed by atoms with Gasteiger partial charge < -0.3 is 11.1 Å². The lowest BCUT2D eigenvalue weighted by molar-refractivity contribution is 0.636. The summed E-state index contributed by atoms with van der Waals surface area (Å²) in [4.78, 5) is 4.45. The van der Waals surface area contributed by atoms with Gasteiger partial charge >= 0.3 is 0 Å². The van der Waals surface area contributed by atoms with Crippen molar-refractivity contribution in [2.75, 3.05) is 0 Å². The Morgan fingerprint density at radius 3 is 2.65 bits per heavy atom. The molecule has 0 saturated heterocycles. The maximum Gasteiger partial charge on any atom is 0.189 e. The molecule has 1 heterocycles. The van der Waals surface area contributed by atoms with E-state index >= 15 is 0 Å². The third kappa shape index (κ3) is 5.23. The summed E-state index contributed by atoms with van der Waals surface area (Å²) in [5, 5.41) is 7.73. The second kappa shape index (κ2) is 8.90. The van der Waals surface area contributed by atoms with Gasteiger partial charge in [0, 0.05) is 11.7 Å². The van der Waals surface area contributed by atoms with E-state index in [9.17, 15) is 0 Å². The number of aromatic nitrogens is 2. The number of para-hydroxylation sites is 1. The van der Waals surface area contributed by atoms with E-state index in [1.807, 2.05) is 23.7 Å². The van der Waals surface area contributed by atoms with Crippen LogP contribution < -0.4 is 11.1 Å². The summed E-state index contributed by atoms with van der Waals surface area (Å²) in [5.41, 5.74) is 10.2. The summed E-state index contributed by atoms with van der Waals surface area (Å²) in [6, 6.07) is 10.5. The van der Waals surface area contributed by atoms with E-state index in [2.05, 4.69) is 54.4 Å². The molecule has 0 aliphatic carbocycles. The normalized spacial score (nSPS) is 12.6. The van der Waals surface area contributed by atoms with Crippen molar-refractivity contribution in [1.82, 2.24) is 15.1 Å². The molecular weight excluding hydrogens is 401 g/mol. The van der Waals surface area contributed by atoms with Gasteiger partial charge in [-0.25, -0.2) is 9.67 Å². The van der Waals surface area contributed by atoms with Crippen LogP contribution in [0.25, 0.3) is 5.69 Å². The fraction of sp³-hybridized carbons (Fsp3) is 0.412. The lowest BCUT2D eigenvalue weighted by atomic mass is 10.2. The van der Waals surface area contributed by atoms with Crippen molar-refractivity contribution in [2.24, 2.45) is 10.7 Å². The van der Waals surface area contributed by atoms with Gasteiger partial charge in [-0.3, -0.25) is 0 Å². The molecule has 1 aromatic heterocycles. The van der Waals surface area contributed by atoms with Crippen molar-refractivity contribution >= 4 is 29.9 Å². The molecule has 0 aliphatic heterocycles. The number of aryl methyl sites for hydroxylation is 2. The number of rotatable bonds is 5. The Labute approximate surface area is 155 Å². The Bertz CT molecular complexity index is 663. The topological polar surface area (TPSA) is 68.2 Å². The number of nitrogens with two attached hydrogens (primary N) is 1. The van der Waals surface area contributed by atoms with Gasteiger partial charge in [0.2, 0.25) is 0 Å². The highest BCUT2D eigenvalue weighted by Gasteiger charge is 2.08. The van der Waals surface area contributed by atoms with Crippen LogP contribution in [0.3, 0.4) is 0 Å². The molecule has 0 radical (unpaired) electrons. The molecule has 0 fully saturated rings. The quantitative estimate of drug-likeness (QED) is 0.437. The molecule has 6 heteroatoms. The number of guanidine groups is 1. The molecule has 0 amide bonds. The summed E-state index contributed by atoms with van der Waals surface area (Å²) in [6.45, 7) is 8.79. The smallest absolute Gasteiger partial charge is 0.189 e. The van der Waals surface area contributed by atoms with Gasteiger partial charge in [0.25, 0.3) is 0 Å². The van der Waals surface area contributed by atoms with Crippen molar-refractivity contribution in [3.8, 4) is 5.69 Å². The number of aliphatic imine (C=N–C) groups is 1. The van der Waals surface area contributed by atoms with Crippen LogP contribution in [0, 0.1) is 13.8 Å². The monoisotopic (exact) mass is 427 g/mol. The van der Waals surface area contributed by atoms with Gasteiger partial charge in [-0.15, -0.1) is 24.0 Å². The number of halogens is 1. The van der Waals surface area contributed by atoms with Crippen LogP contribution in [-0.2, 0) is 6.54 Å². The third-order valence-corrected chi connectivity index (χ3v) is 3.66. The van der Waals surface area contributed by atoms with Crippen molar-refractivity contribution in [1.29, 1.82) is 0 Å². The molecule has 3 N–H and O–H groups in total. The van der Waals surface area contributed by atoms with Crippen LogP contribution in [0.5, 0.6) is 0 Å². The minimum Gasteiger partial charge on any atom is -0.370 e. The first-order valence-corrected chi connectivity index (χ1v) is 7.69. The molecule has 0 aliphatic rings. The third-order valence-electron chi connectivity index (χ3n) is 3.66. The van der Waals surface area contributed by atoms with Crippen molar-refractivity contribution in [3.05, 3.63) is 47.3 Å². The Morgan fingerprint density at radius 1 is 1.35 bits per heavy atom. The summed E-state index contributed by atoms with van der Waals surface area (Å²) in [5.74, 6) is 0.484. The highest BCUT2D eigenvalue weighted by atomic mass is 127. The molecular formula is C17H26IN5. The van der Waals surface area contributed by atoms with Crippen molar-refractivity contribution in [3.63, 3.8) is 0 Å². The minimum atomic E-state index is 0. The summed E-state index contributed by atoms with van der Waals surface area (Å²) in [7, 11) is 0. The second-order valence-corrected chi connectivity index (χ2v) is 5.62. The van der Waals surface area contributed by atoms with Crippen LogP contribution in [-0.4, -0.2) is 21.8 Å². The van der Waals surface area contributed by atoms with Gasteiger partial charge in [-0.2, -0.15) is 5.10 Å². The van der Waals surface area contributed by atoms with E-state index < -0.39 is 0 Å². The molecule has 126 valence electrons. The van der Waals surface area contributed by atoms with Crippen LogP contribution >= 0.6 is 24.0 Å². The maximum atomic E-state index is 5.94. The molecule has 1 unspecified atom stereocenters. The summed E-state index contributed by atoms with van der Waals surface area (Å²) in [6.07, 6.45) is 1.01. The average Bonchev–Trinajstić information content (AvgIpc) is 2.83. The van der Waals surface area contributed by atoms with Gasteiger partial charge in [0.05, 0.1) is 17.9 Å². The zero-order valence-electron chi connectivity index (χ0n) is 14.2. The predicted octanol–water partition coefficient (Wildman–Crippen LogP) is 3.31. The molecule has 5 nitrogen and oxygen atoms in total. The number of nitrogens with zero attached hydrogens (tertiary/aromatic N) is 3. The summed E-state index contributed by atoms with van der Waals surface area (Å²) >= 11 is 0. The average molecular weight is 427 g/mol. The minimum absolute atomic E-state index is 0. The zero-order chi connectivity index (χ0) is 16.1. The predicted molar refractivity (Wildman–Crippen MR) is 107 cm³/mol. The van der Waals surface area contributed by atoms with Gasteiger partial charge in [-0.05, 0) is 44.9 Å². The van der Waals surface area contributed by atoms with E-state index in [1.54, 1.807) is 0 Å². The van der Waals surface area contributed by atoms with E-state index in [4.69, 9.17) is 5.73 Å². The second-order valence-electron chi connectivity index (χ2n) is 5.62. The first-order valence-electron chi connectivity index (χ1n) is 7.69. The van der Waals surface area contributed by atoms with Gasteiger partial charge in [-0.1, -0.05) is 25.1 Å². The number of hydrogen-bond acceptors (Lipinski definition) is 2. The molecule has 0 bridgehead atoms. The molecule has 1 atom stereocenters. The van der Waals surface area contributed by atoms with Crippen LogP contribution in [0.1, 0.15) is 37.2 Å². The molecule has 2 rings (SSSR count). The highest BCUT2D eigenvalue weighted by molar-refractivity contribution is 14.0. The largest absolute Gasteiger partial charge is 0.370 e.